The summed E-state index contributed by atoms with van der Waals surface area (Å²) in [5, 5.41) is 4.03. The second-order valence-electron chi connectivity index (χ2n) is 5.04. The number of benzene rings is 2. The number of aryl methyl sites for hydroxylation is 2. The van der Waals surface area contributed by atoms with Gasteiger partial charge in [-0.3, -0.25) is 0 Å². The molecule has 3 aromatic rings. The Morgan fingerprint density at radius 3 is 2.50 bits per heavy atom. The molecule has 1 heterocycles. The summed E-state index contributed by atoms with van der Waals surface area (Å²) in [6, 6.07) is 12.8. The lowest BCUT2D eigenvalue weighted by Gasteiger charge is -2.03. The van der Waals surface area contributed by atoms with Gasteiger partial charge in [-0.15, -0.1) is 11.3 Å². The number of halogens is 2. The van der Waals surface area contributed by atoms with Gasteiger partial charge in [-0.1, -0.05) is 41.4 Å². The van der Waals surface area contributed by atoms with Crippen LogP contribution in [0.5, 0.6) is 0 Å². The SMILES string of the molecule is Cc1ccc(-c2nc(Nc3ccc(F)c(Cl)c3)sc2C)cc1. The predicted octanol–water partition coefficient (Wildman–Crippen LogP) is 5.96. The van der Waals surface area contributed by atoms with E-state index < -0.39 is 5.82 Å². The van der Waals surface area contributed by atoms with Crippen molar-refractivity contribution in [1.29, 1.82) is 0 Å². The third-order valence-electron chi connectivity index (χ3n) is 3.29. The highest BCUT2D eigenvalue weighted by Crippen LogP contribution is 2.32. The summed E-state index contributed by atoms with van der Waals surface area (Å²) < 4.78 is 13.2. The molecule has 0 aliphatic carbocycles. The Labute approximate surface area is 137 Å². The molecule has 5 heteroatoms. The van der Waals surface area contributed by atoms with E-state index >= 15 is 0 Å². The molecule has 0 saturated heterocycles. The van der Waals surface area contributed by atoms with Gasteiger partial charge in [0.2, 0.25) is 0 Å². The van der Waals surface area contributed by atoms with E-state index in [4.69, 9.17) is 11.6 Å². The molecule has 0 spiro atoms. The summed E-state index contributed by atoms with van der Waals surface area (Å²) in [6.07, 6.45) is 0. The van der Waals surface area contributed by atoms with Crippen molar-refractivity contribution in [2.75, 3.05) is 5.32 Å². The first-order valence-corrected chi connectivity index (χ1v) is 7.99. The number of anilines is 2. The number of rotatable bonds is 3. The Hall–Kier alpha value is -1.91. The van der Waals surface area contributed by atoms with Gasteiger partial charge in [0.15, 0.2) is 5.13 Å². The van der Waals surface area contributed by atoms with Crippen molar-refractivity contribution in [2.24, 2.45) is 0 Å². The number of thiazole rings is 1. The second-order valence-corrected chi connectivity index (χ2v) is 6.65. The average Bonchev–Trinajstić information content (AvgIpc) is 2.84. The first-order valence-electron chi connectivity index (χ1n) is 6.79. The molecule has 0 amide bonds. The van der Waals surface area contributed by atoms with Gasteiger partial charge in [-0.2, -0.15) is 0 Å². The fourth-order valence-corrected chi connectivity index (χ4v) is 3.16. The molecule has 22 heavy (non-hydrogen) atoms. The normalized spacial score (nSPS) is 10.7. The minimum Gasteiger partial charge on any atom is -0.331 e. The highest BCUT2D eigenvalue weighted by atomic mass is 35.5. The van der Waals surface area contributed by atoms with Gasteiger partial charge in [0.1, 0.15) is 5.82 Å². The minimum absolute atomic E-state index is 0.0945. The zero-order chi connectivity index (χ0) is 15.7. The zero-order valence-corrected chi connectivity index (χ0v) is 13.7. The van der Waals surface area contributed by atoms with Crippen LogP contribution in [0.1, 0.15) is 10.4 Å². The van der Waals surface area contributed by atoms with Gasteiger partial charge in [0.25, 0.3) is 0 Å². The third kappa shape index (κ3) is 3.13. The molecule has 0 aliphatic heterocycles. The Kier molecular flexibility index (Phi) is 4.14. The van der Waals surface area contributed by atoms with Crippen molar-refractivity contribution in [3.8, 4) is 11.3 Å². The van der Waals surface area contributed by atoms with Gasteiger partial charge < -0.3 is 5.32 Å². The summed E-state index contributed by atoms with van der Waals surface area (Å²) in [7, 11) is 0. The number of nitrogens with zero attached hydrogens (tertiary/aromatic N) is 1. The number of nitrogens with one attached hydrogen (secondary N) is 1. The number of aromatic nitrogens is 1. The second kappa shape index (κ2) is 6.07. The molecule has 3 rings (SSSR count). The van der Waals surface area contributed by atoms with E-state index in [1.807, 2.05) is 6.92 Å². The van der Waals surface area contributed by atoms with Crippen LogP contribution in [0.3, 0.4) is 0 Å². The van der Waals surface area contributed by atoms with Crippen LogP contribution < -0.4 is 5.32 Å². The van der Waals surface area contributed by atoms with Gasteiger partial charge in [-0.05, 0) is 32.0 Å². The van der Waals surface area contributed by atoms with Crippen molar-refractivity contribution in [3.63, 3.8) is 0 Å². The lowest BCUT2D eigenvalue weighted by Crippen LogP contribution is -1.90. The minimum atomic E-state index is -0.428. The quantitative estimate of drug-likeness (QED) is 0.639. The zero-order valence-electron chi connectivity index (χ0n) is 12.2. The molecule has 0 aliphatic rings. The van der Waals surface area contributed by atoms with Crippen LogP contribution in [0.15, 0.2) is 42.5 Å². The standard InChI is InChI=1S/C17H14ClFN2S/c1-10-3-5-12(6-4-10)16-11(2)22-17(21-16)20-13-7-8-15(19)14(18)9-13/h3-9H,1-2H3,(H,20,21). The smallest absolute Gasteiger partial charge is 0.187 e. The molecule has 2 aromatic carbocycles. The first kappa shape index (κ1) is 15.0. The summed E-state index contributed by atoms with van der Waals surface area (Å²) in [5.74, 6) is -0.428. The van der Waals surface area contributed by atoms with Crippen LogP contribution in [0.25, 0.3) is 11.3 Å². The van der Waals surface area contributed by atoms with Gasteiger partial charge in [0, 0.05) is 16.1 Å². The highest BCUT2D eigenvalue weighted by molar-refractivity contribution is 7.16. The topological polar surface area (TPSA) is 24.9 Å². The van der Waals surface area contributed by atoms with E-state index in [2.05, 4.69) is 41.5 Å². The molecule has 0 saturated carbocycles. The van der Waals surface area contributed by atoms with E-state index in [1.165, 1.54) is 11.6 Å². The number of hydrogen-bond acceptors (Lipinski definition) is 3. The lowest BCUT2D eigenvalue weighted by molar-refractivity contribution is 0.628. The van der Waals surface area contributed by atoms with Crippen LogP contribution in [0.2, 0.25) is 5.02 Å². The van der Waals surface area contributed by atoms with E-state index in [1.54, 1.807) is 23.5 Å². The van der Waals surface area contributed by atoms with E-state index in [0.29, 0.717) is 0 Å². The van der Waals surface area contributed by atoms with Crippen molar-refractivity contribution in [1.82, 2.24) is 4.98 Å². The van der Waals surface area contributed by atoms with Crippen molar-refractivity contribution < 1.29 is 4.39 Å². The van der Waals surface area contributed by atoms with Crippen LogP contribution in [0, 0.1) is 19.7 Å². The Morgan fingerprint density at radius 2 is 1.82 bits per heavy atom. The van der Waals surface area contributed by atoms with E-state index in [0.717, 1.165) is 27.0 Å². The monoisotopic (exact) mass is 332 g/mol. The molecule has 2 nitrogen and oxygen atoms in total. The van der Waals surface area contributed by atoms with E-state index in [9.17, 15) is 4.39 Å². The molecule has 0 fully saturated rings. The maximum absolute atomic E-state index is 13.2. The Morgan fingerprint density at radius 1 is 1.09 bits per heavy atom. The highest BCUT2D eigenvalue weighted by Gasteiger charge is 2.10. The lowest BCUT2D eigenvalue weighted by atomic mass is 10.1. The average molecular weight is 333 g/mol. The molecule has 0 unspecified atom stereocenters. The number of hydrogen-bond donors (Lipinski definition) is 1. The van der Waals surface area contributed by atoms with Crippen LogP contribution >= 0.6 is 22.9 Å². The fourth-order valence-electron chi connectivity index (χ4n) is 2.13. The summed E-state index contributed by atoms with van der Waals surface area (Å²) in [5.41, 5.74) is 3.98. The maximum Gasteiger partial charge on any atom is 0.187 e. The molecular weight excluding hydrogens is 319 g/mol. The van der Waals surface area contributed by atoms with Crippen LogP contribution in [-0.4, -0.2) is 4.98 Å². The van der Waals surface area contributed by atoms with Crippen molar-refractivity contribution in [2.45, 2.75) is 13.8 Å². The molecular formula is C17H14ClFN2S. The molecule has 0 atom stereocenters. The van der Waals surface area contributed by atoms with Crippen LogP contribution in [0.4, 0.5) is 15.2 Å². The van der Waals surface area contributed by atoms with Crippen molar-refractivity contribution >= 4 is 33.8 Å². The predicted molar refractivity (Wildman–Crippen MR) is 91.7 cm³/mol. The van der Waals surface area contributed by atoms with Gasteiger partial charge >= 0.3 is 0 Å². The summed E-state index contributed by atoms with van der Waals surface area (Å²) in [4.78, 5) is 5.75. The summed E-state index contributed by atoms with van der Waals surface area (Å²) in [6.45, 7) is 4.10. The third-order valence-corrected chi connectivity index (χ3v) is 4.47. The largest absolute Gasteiger partial charge is 0.331 e. The first-order chi connectivity index (χ1) is 10.5. The maximum atomic E-state index is 13.2. The molecule has 1 N–H and O–H groups in total. The molecule has 0 bridgehead atoms. The fraction of sp³-hybridized carbons (Fsp3) is 0.118. The van der Waals surface area contributed by atoms with Crippen LogP contribution in [-0.2, 0) is 0 Å². The Balaban J connectivity index is 1.88. The molecule has 1 aromatic heterocycles. The summed E-state index contributed by atoms with van der Waals surface area (Å²) >= 11 is 7.35. The molecule has 0 radical (unpaired) electrons. The van der Waals surface area contributed by atoms with Gasteiger partial charge in [0.05, 0.1) is 10.7 Å². The van der Waals surface area contributed by atoms with Gasteiger partial charge in [-0.25, -0.2) is 9.37 Å². The Bertz CT molecular complexity index is 812. The van der Waals surface area contributed by atoms with E-state index in [-0.39, 0.29) is 5.02 Å². The molecule has 112 valence electrons. The van der Waals surface area contributed by atoms with Crippen molar-refractivity contribution in [3.05, 3.63) is 63.7 Å².